The summed E-state index contributed by atoms with van der Waals surface area (Å²) in [4.78, 5) is 13.4. The Hall–Kier alpha value is -2.14. The summed E-state index contributed by atoms with van der Waals surface area (Å²) >= 11 is 0. The van der Waals surface area contributed by atoms with Gasteiger partial charge in [0.25, 0.3) is 0 Å². The number of guanidine groups is 1. The Kier molecular flexibility index (Phi) is 10.1. The zero-order valence-corrected chi connectivity index (χ0v) is 19.4. The summed E-state index contributed by atoms with van der Waals surface area (Å²) in [5, 5.41) is 13.5. The maximum atomic E-state index is 12.9. The van der Waals surface area contributed by atoms with Crippen LogP contribution in [0.3, 0.4) is 0 Å². The van der Waals surface area contributed by atoms with Crippen LogP contribution >= 0.6 is 24.0 Å². The molecule has 3 rings (SSSR count). The van der Waals surface area contributed by atoms with Crippen LogP contribution in [0.4, 0.5) is 10.2 Å². The molecule has 1 aliphatic heterocycles. The first kappa shape index (κ1) is 24.1. The fourth-order valence-electron chi connectivity index (χ4n) is 3.08. The van der Waals surface area contributed by atoms with E-state index in [4.69, 9.17) is 4.74 Å². The van der Waals surface area contributed by atoms with Crippen molar-refractivity contribution in [1.29, 1.82) is 0 Å². The van der Waals surface area contributed by atoms with Crippen LogP contribution in [0.15, 0.2) is 53.7 Å². The number of nitrogens with zero attached hydrogens (tertiary/aromatic N) is 4. The van der Waals surface area contributed by atoms with Crippen molar-refractivity contribution in [2.75, 3.05) is 50.8 Å². The lowest BCUT2D eigenvalue weighted by Crippen LogP contribution is -2.53. The Morgan fingerprint density at radius 2 is 1.93 bits per heavy atom. The molecular weight excluding hydrogens is 500 g/mol. The molecule has 0 amide bonds. The number of rotatable bonds is 7. The highest BCUT2D eigenvalue weighted by Gasteiger charge is 2.20. The maximum absolute atomic E-state index is 12.9. The molecule has 0 radical (unpaired) electrons. The summed E-state index contributed by atoms with van der Waals surface area (Å²) in [6.45, 7) is 6.46. The van der Waals surface area contributed by atoms with Gasteiger partial charge in [0, 0.05) is 38.9 Å². The average Bonchev–Trinajstić information content (AvgIpc) is 2.77. The minimum absolute atomic E-state index is 0. The summed E-state index contributed by atoms with van der Waals surface area (Å²) in [7, 11) is 0. The summed E-state index contributed by atoms with van der Waals surface area (Å²) in [5.74, 6) is 1.98. The van der Waals surface area contributed by atoms with Gasteiger partial charge in [-0.3, -0.25) is 4.99 Å². The van der Waals surface area contributed by atoms with Crippen LogP contribution in [0.5, 0.6) is 5.75 Å². The number of benzene rings is 1. The molecule has 1 saturated heterocycles. The smallest absolute Gasteiger partial charge is 0.194 e. The monoisotopic (exact) mass is 529 g/mol. The molecule has 1 unspecified atom stereocenters. The lowest BCUT2D eigenvalue weighted by atomic mass is 10.3. The maximum Gasteiger partial charge on any atom is 0.194 e. The predicted octanol–water partition coefficient (Wildman–Crippen LogP) is 2.37. The third-order valence-electron chi connectivity index (χ3n) is 4.60. The number of piperazine rings is 1. The number of hydrogen-bond acceptors (Lipinski definition) is 5. The molecule has 1 aromatic carbocycles. The molecule has 164 valence electrons. The van der Waals surface area contributed by atoms with Gasteiger partial charge in [-0.2, -0.15) is 0 Å². The number of nitrogens with one attached hydrogen (secondary N) is 1. The second-order valence-electron chi connectivity index (χ2n) is 6.78. The van der Waals surface area contributed by atoms with Gasteiger partial charge in [-0.15, -0.1) is 24.0 Å². The fraction of sp³-hybridized carbons (Fsp3) is 0.429. The van der Waals surface area contributed by atoms with E-state index < -0.39 is 6.10 Å². The van der Waals surface area contributed by atoms with Crippen molar-refractivity contribution in [3.05, 3.63) is 54.5 Å². The van der Waals surface area contributed by atoms with Gasteiger partial charge in [0.2, 0.25) is 0 Å². The molecule has 30 heavy (non-hydrogen) atoms. The Labute approximate surface area is 194 Å². The van der Waals surface area contributed by atoms with Gasteiger partial charge in [-0.1, -0.05) is 6.07 Å². The minimum Gasteiger partial charge on any atom is -0.491 e. The fourth-order valence-corrected chi connectivity index (χ4v) is 3.08. The van der Waals surface area contributed by atoms with E-state index in [1.54, 1.807) is 0 Å². The number of aliphatic imine (C=N–C) groups is 1. The molecular formula is C21H29FIN5O2. The molecule has 2 N–H and O–H groups in total. The first-order valence-corrected chi connectivity index (χ1v) is 9.91. The molecule has 0 spiro atoms. The van der Waals surface area contributed by atoms with Crippen molar-refractivity contribution in [2.45, 2.75) is 13.0 Å². The molecule has 1 fully saturated rings. The molecule has 1 aromatic heterocycles. The number of ether oxygens (including phenoxy) is 1. The molecule has 0 saturated carbocycles. The molecule has 2 aromatic rings. The largest absolute Gasteiger partial charge is 0.491 e. The SMILES string of the molecule is CCNC(=NCC(O)COc1ccc(F)cc1)N1CCN(c2ccccn2)CC1.I. The summed E-state index contributed by atoms with van der Waals surface area (Å²) < 4.78 is 18.4. The van der Waals surface area contributed by atoms with E-state index in [0.29, 0.717) is 5.75 Å². The highest BCUT2D eigenvalue weighted by Crippen LogP contribution is 2.13. The molecule has 2 heterocycles. The van der Waals surface area contributed by atoms with E-state index in [2.05, 4.69) is 25.1 Å². The topological polar surface area (TPSA) is 73.2 Å². The molecule has 0 bridgehead atoms. The standard InChI is InChI=1S/C21H28FN5O2.HI/c1-2-23-21(25-15-18(28)16-29-19-8-6-17(22)7-9-19)27-13-11-26(12-14-27)20-5-3-4-10-24-20;/h3-10,18,28H,2,11-16H2,1H3,(H,23,25);1H. The van der Waals surface area contributed by atoms with Crippen molar-refractivity contribution in [3.63, 3.8) is 0 Å². The van der Waals surface area contributed by atoms with Gasteiger partial charge >= 0.3 is 0 Å². The van der Waals surface area contributed by atoms with Gasteiger partial charge in [-0.25, -0.2) is 9.37 Å². The summed E-state index contributed by atoms with van der Waals surface area (Å²) in [5.41, 5.74) is 0. The van der Waals surface area contributed by atoms with E-state index in [1.807, 2.05) is 31.3 Å². The Balaban J connectivity index is 0.00000320. The zero-order chi connectivity index (χ0) is 20.5. The third-order valence-corrected chi connectivity index (χ3v) is 4.60. The Bertz CT molecular complexity index is 771. The average molecular weight is 529 g/mol. The van der Waals surface area contributed by atoms with Crippen molar-refractivity contribution < 1.29 is 14.2 Å². The van der Waals surface area contributed by atoms with Gasteiger partial charge in [0.15, 0.2) is 5.96 Å². The number of halogens is 2. The van der Waals surface area contributed by atoms with Crippen LogP contribution < -0.4 is 15.0 Å². The minimum atomic E-state index is -0.747. The van der Waals surface area contributed by atoms with Crippen LogP contribution in [0, 0.1) is 5.82 Å². The summed E-state index contributed by atoms with van der Waals surface area (Å²) in [6.07, 6.45) is 1.06. The van der Waals surface area contributed by atoms with E-state index in [-0.39, 0.29) is 42.9 Å². The number of aromatic nitrogens is 1. The lowest BCUT2D eigenvalue weighted by molar-refractivity contribution is 0.114. The normalized spacial score (nSPS) is 15.4. The zero-order valence-electron chi connectivity index (χ0n) is 17.1. The highest BCUT2D eigenvalue weighted by atomic mass is 127. The highest BCUT2D eigenvalue weighted by molar-refractivity contribution is 14.0. The lowest BCUT2D eigenvalue weighted by Gasteiger charge is -2.37. The van der Waals surface area contributed by atoms with E-state index in [1.165, 1.54) is 24.3 Å². The summed E-state index contributed by atoms with van der Waals surface area (Å²) in [6, 6.07) is 11.7. The van der Waals surface area contributed by atoms with E-state index >= 15 is 0 Å². The van der Waals surface area contributed by atoms with E-state index in [9.17, 15) is 9.50 Å². The van der Waals surface area contributed by atoms with Gasteiger partial charge < -0.3 is 25.0 Å². The first-order chi connectivity index (χ1) is 14.2. The molecule has 7 nitrogen and oxygen atoms in total. The number of pyridine rings is 1. The van der Waals surface area contributed by atoms with Gasteiger partial charge in [-0.05, 0) is 43.3 Å². The van der Waals surface area contributed by atoms with Crippen LogP contribution in [0.25, 0.3) is 0 Å². The van der Waals surface area contributed by atoms with Crippen molar-refractivity contribution >= 4 is 35.8 Å². The number of hydrogen-bond donors (Lipinski definition) is 2. The molecule has 9 heteroatoms. The Morgan fingerprint density at radius 3 is 2.57 bits per heavy atom. The van der Waals surface area contributed by atoms with Crippen molar-refractivity contribution in [1.82, 2.24) is 15.2 Å². The van der Waals surface area contributed by atoms with Gasteiger partial charge in [0.05, 0.1) is 6.54 Å². The number of aliphatic hydroxyl groups is 1. The molecule has 0 aliphatic carbocycles. The van der Waals surface area contributed by atoms with Crippen LogP contribution in [0.2, 0.25) is 0 Å². The number of aliphatic hydroxyl groups excluding tert-OH is 1. The predicted molar refractivity (Wildman–Crippen MR) is 127 cm³/mol. The van der Waals surface area contributed by atoms with Gasteiger partial charge in [0.1, 0.15) is 30.1 Å². The molecule has 1 atom stereocenters. The van der Waals surface area contributed by atoms with Crippen LogP contribution in [-0.4, -0.2) is 72.9 Å². The number of anilines is 1. The Morgan fingerprint density at radius 1 is 1.20 bits per heavy atom. The first-order valence-electron chi connectivity index (χ1n) is 9.91. The third kappa shape index (κ3) is 7.28. The van der Waals surface area contributed by atoms with Crippen molar-refractivity contribution in [2.24, 2.45) is 4.99 Å². The van der Waals surface area contributed by atoms with Crippen LogP contribution in [-0.2, 0) is 0 Å². The second-order valence-corrected chi connectivity index (χ2v) is 6.78. The van der Waals surface area contributed by atoms with Crippen LogP contribution in [0.1, 0.15) is 6.92 Å². The van der Waals surface area contributed by atoms with E-state index in [0.717, 1.165) is 44.5 Å². The second kappa shape index (κ2) is 12.5. The van der Waals surface area contributed by atoms with Crippen molar-refractivity contribution in [3.8, 4) is 5.75 Å². The molecule has 1 aliphatic rings. The quantitative estimate of drug-likeness (QED) is 0.326.